The molecule has 0 aliphatic carbocycles. The summed E-state index contributed by atoms with van der Waals surface area (Å²) in [5.41, 5.74) is 2.89. The Morgan fingerprint density at radius 1 is 0.923 bits per heavy atom. The lowest BCUT2D eigenvalue weighted by molar-refractivity contribution is 0.472. The monoisotopic (exact) mass is 343 g/mol. The highest BCUT2D eigenvalue weighted by atomic mass is 16.3. The summed E-state index contributed by atoms with van der Waals surface area (Å²) in [7, 11) is 0. The van der Waals surface area contributed by atoms with Gasteiger partial charge in [-0.05, 0) is 32.0 Å². The number of phenolic OH excluding ortho intramolecular Hbond substituents is 1. The van der Waals surface area contributed by atoms with Gasteiger partial charge in [0.25, 0.3) is 5.56 Å². The predicted octanol–water partition coefficient (Wildman–Crippen LogP) is 3.77. The van der Waals surface area contributed by atoms with E-state index in [0.717, 1.165) is 16.6 Å². The van der Waals surface area contributed by atoms with Gasteiger partial charge in [-0.15, -0.1) is 0 Å². The van der Waals surface area contributed by atoms with E-state index in [9.17, 15) is 9.90 Å². The lowest BCUT2D eigenvalue weighted by atomic mass is 10.1. The summed E-state index contributed by atoms with van der Waals surface area (Å²) in [6, 6.07) is 18.2. The minimum Gasteiger partial charge on any atom is -0.506 e. The molecule has 0 atom stereocenters. The van der Waals surface area contributed by atoms with Gasteiger partial charge in [-0.1, -0.05) is 42.5 Å². The van der Waals surface area contributed by atoms with Crippen LogP contribution < -0.4 is 5.56 Å². The zero-order valence-electron chi connectivity index (χ0n) is 14.5. The molecule has 0 spiro atoms. The molecule has 0 saturated heterocycles. The van der Waals surface area contributed by atoms with Crippen LogP contribution in [0, 0.1) is 13.8 Å². The number of nitrogens with zero attached hydrogens (tertiary/aromatic N) is 3. The Kier molecular flexibility index (Phi) is 3.77. The molecular weight excluding hydrogens is 326 g/mol. The smallest absolute Gasteiger partial charge is 0.259 e. The number of aromatic nitrogens is 3. The molecule has 2 aromatic heterocycles. The first-order valence-corrected chi connectivity index (χ1v) is 8.31. The molecule has 2 heterocycles. The van der Waals surface area contributed by atoms with E-state index in [0.29, 0.717) is 22.7 Å². The Bertz CT molecular complexity index is 1180. The summed E-state index contributed by atoms with van der Waals surface area (Å²) in [5, 5.41) is 11.1. The molecule has 0 amide bonds. The second-order valence-electron chi connectivity index (χ2n) is 6.19. The number of hydrogen-bond donors (Lipinski definition) is 1. The van der Waals surface area contributed by atoms with Gasteiger partial charge in [0, 0.05) is 16.5 Å². The van der Waals surface area contributed by atoms with Crippen molar-refractivity contribution in [1.82, 2.24) is 14.5 Å². The Morgan fingerprint density at radius 3 is 2.35 bits per heavy atom. The van der Waals surface area contributed by atoms with E-state index in [2.05, 4.69) is 9.97 Å². The molecule has 0 bridgehead atoms. The summed E-state index contributed by atoms with van der Waals surface area (Å²) in [4.78, 5) is 22.2. The second kappa shape index (κ2) is 6.11. The lowest BCUT2D eigenvalue weighted by Crippen LogP contribution is -2.22. The van der Waals surface area contributed by atoms with Crippen molar-refractivity contribution in [3.8, 4) is 22.8 Å². The van der Waals surface area contributed by atoms with E-state index in [1.165, 1.54) is 4.57 Å². The number of aryl methyl sites for hydroxylation is 2. The molecule has 0 saturated carbocycles. The quantitative estimate of drug-likeness (QED) is 0.601. The molecule has 128 valence electrons. The first-order chi connectivity index (χ1) is 12.6. The Hall–Kier alpha value is -3.47. The van der Waals surface area contributed by atoms with Gasteiger partial charge < -0.3 is 5.11 Å². The van der Waals surface area contributed by atoms with E-state index in [1.54, 1.807) is 37.3 Å². The first kappa shape index (κ1) is 16.0. The highest BCUT2D eigenvalue weighted by Gasteiger charge is 2.16. The van der Waals surface area contributed by atoms with Crippen molar-refractivity contribution in [1.29, 1.82) is 0 Å². The van der Waals surface area contributed by atoms with Crippen molar-refractivity contribution in [3.05, 3.63) is 82.3 Å². The number of para-hydroxylation sites is 2. The van der Waals surface area contributed by atoms with Gasteiger partial charge in [0.05, 0.1) is 11.4 Å². The van der Waals surface area contributed by atoms with Crippen LogP contribution in [0.4, 0.5) is 0 Å². The highest BCUT2D eigenvalue weighted by molar-refractivity contribution is 5.82. The van der Waals surface area contributed by atoms with Crippen LogP contribution in [0.15, 0.2) is 65.5 Å². The average molecular weight is 343 g/mol. The number of benzene rings is 2. The molecule has 0 aliphatic heterocycles. The largest absolute Gasteiger partial charge is 0.506 e. The maximum Gasteiger partial charge on any atom is 0.259 e. The van der Waals surface area contributed by atoms with Crippen molar-refractivity contribution in [2.24, 2.45) is 0 Å². The van der Waals surface area contributed by atoms with Crippen molar-refractivity contribution in [2.75, 3.05) is 0 Å². The van der Waals surface area contributed by atoms with Crippen molar-refractivity contribution in [3.63, 3.8) is 0 Å². The Balaban J connectivity index is 2.13. The zero-order chi connectivity index (χ0) is 18.3. The Morgan fingerprint density at radius 2 is 1.62 bits per heavy atom. The van der Waals surface area contributed by atoms with E-state index in [4.69, 9.17) is 0 Å². The minimum atomic E-state index is -0.212. The average Bonchev–Trinajstić information content (AvgIpc) is 2.65. The van der Waals surface area contributed by atoms with Crippen LogP contribution in [0.1, 0.15) is 11.3 Å². The van der Waals surface area contributed by atoms with Crippen molar-refractivity contribution >= 4 is 11.0 Å². The maximum absolute atomic E-state index is 12.9. The fourth-order valence-corrected chi connectivity index (χ4v) is 3.05. The van der Waals surface area contributed by atoms with Gasteiger partial charge in [-0.2, -0.15) is 0 Å². The summed E-state index contributed by atoms with van der Waals surface area (Å²) in [5.74, 6) is 0.571. The van der Waals surface area contributed by atoms with Crippen molar-refractivity contribution in [2.45, 2.75) is 13.8 Å². The molecule has 5 heteroatoms. The predicted molar refractivity (Wildman–Crippen MR) is 102 cm³/mol. The Labute approximate surface area is 150 Å². The molecule has 2 aromatic carbocycles. The maximum atomic E-state index is 12.9. The number of rotatable bonds is 2. The minimum absolute atomic E-state index is 0.0269. The van der Waals surface area contributed by atoms with Gasteiger partial charge >= 0.3 is 0 Å². The number of hydrogen-bond acceptors (Lipinski definition) is 4. The van der Waals surface area contributed by atoms with Crippen LogP contribution in [0.5, 0.6) is 5.75 Å². The van der Waals surface area contributed by atoms with Crippen LogP contribution in [0.2, 0.25) is 0 Å². The van der Waals surface area contributed by atoms with Gasteiger partial charge in [-0.25, -0.2) is 9.97 Å². The third-order valence-corrected chi connectivity index (χ3v) is 4.38. The molecule has 26 heavy (non-hydrogen) atoms. The fraction of sp³-hybridized carbons (Fsp3) is 0.0952. The van der Waals surface area contributed by atoms with Crippen LogP contribution in [-0.4, -0.2) is 19.6 Å². The van der Waals surface area contributed by atoms with Crippen LogP contribution in [-0.2, 0) is 0 Å². The van der Waals surface area contributed by atoms with Gasteiger partial charge in [0.2, 0.25) is 0 Å². The SMILES string of the molecule is Cc1cc2c(C)nc(-c3ccccc3)nc2n(-c2ccccc2O)c1=O. The summed E-state index contributed by atoms with van der Waals surface area (Å²) < 4.78 is 1.46. The first-order valence-electron chi connectivity index (χ1n) is 8.31. The van der Waals surface area contributed by atoms with E-state index in [-0.39, 0.29) is 11.3 Å². The van der Waals surface area contributed by atoms with E-state index >= 15 is 0 Å². The molecule has 1 N–H and O–H groups in total. The molecule has 0 fully saturated rings. The van der Waals surface area contributed by atoms with Gasteiger partial charge in [-0.3, -0.25) is 9.36 Å². The molecular formula is C21H17N3O2. The summed E-state index contributed by atoms with van der Waals surface area (Å²) >= 11 is 0. The number of phenols is 1. The standard InChI is InChI=1S/C21H17N3O2/c1-13-12-16-14(2)22-19(15-8-4-3-5-9-15)23-20(16)24(21(13)26)17-10-6-7-11-18(17)25/h3-12,25H,1-2H3. The number of aromatic hydroxyl groups is 1. The molecule has 4 rings (SSSR count). The van der Waals surface area contributed by atoms with E-state index in [1.807, 2.05) is 37.3 Å². The third kappa shape index (κ3) is 2.54. The zero-order valence-corrected chi connectivity index (χ0v) is 14.5. The lowest BCUT2D eigenvalue weighted by Gasteiger charge is -2.14. The van der Waals surface area contributed by atoms with E-state index < -0.39 is 0 Å². The second-order valence-corrected chi connectivity index (χ2v) is 6.19. The highest BCUT2D eigenvalue weighted by Crippen LogP contribution is 2.26. The topological polar surface area (TPSA) is 68.0 Å². The van der Waals surface area contributed by atoms with Gasteiger partial charge in [0.1, 0.15) is 5.75 Å². The van der Waals surface area contributed by atoms with Gasteiger partial charge in [0.15, 0.2) is 11.5 Å². The fourth-order valence-electron chi connectivity index (χ4n) is 3.05. The molecule has 4 aromatic rings. The molecule has 0 aliphatic rings. The van der Waals surface area contributed by atoms with Crippen LogP contribution >= 0.6 is 0 Å². The van der Waals surface area contributed by atoms with Crippen LogP contribution in [0.25, 0.3) is 28.1 Å². The summed E-state index contributed by atoms with van der Waals surface area (Å²) in [6.07, 6.45) is 0. The molecule has 0 radical (unpaired) electrons. The molecule has 0 unspecified atom stereocenters. The third-order valence-electron chi connectivity index (χ3n) is 4.38. The van der Waals surface area contributed by atoms with Crippen LogP contribution in [0.3, 0.4) is 0 Å². The van der Waals surface area contributed by atoms with Crippen molar-refractivity contribution < 1.29 is 5.11 Å². The summed E-state index contributed by atoms with van der Waals surface area (Å²) in [6.45, 7) is 3.65. The normalized spacial score (nSPS) is 11.0. The number of fused-ring (bicyclic) bond motifs is 1. The molecule has 5 nitrogen and oxygen atoms in total. The number of pyridine rings is 1.